The zero-order chi connectivity index (χ0) is 22.2. The fourth-order valence-corrected chi connectivity index (χ4v) is 4.99. The largest absolute Gasteiger partial charge is 0.382 e. The SMILES string of the molecule is CCOCCCNC(=O)[C@@H](C)C1CCN(C(=O)c2sc(-c3ccccc3)nc2C)CC1. The number of piperidine rings is 1. The topological polar surface area (TPSA) is 71.5 Å². The van der Waals surface area contributed by atoms with E-state index >= 15 is 0 Å². The molecule has 3 rings (SSSR count). The highest BCUT2D eigenvalue weighted by atomic mass is 32.1. The molecule has 7 heteroatoms. The fraction of sp³-hybridized carbons (Fsp3) is 0.542. The van der Waals surface area contributed by atoms with E-state index < -0.39 is 0 Å². The second kappa shape index (κ2) is 11.4. The molecule has 168 valence electrons. The van der Waals surface area contributed by atoms with Crippen molar-refractivity contribution in [2.75, 3.05) is 32.8 Å². The number of nitrogens with zero attached hydrogens (tertiary/aromatic N) is 2. The van der Waals surface area contributed by atoms with Crippen molar-refractivity contribution < 1.29 is 14.3 Å². The Kier molecular flexibility index (Phi) is 8.60. The molecule has 0 radical (unpaired) electrons. The molecule has 1 aliphatic rings. The van der Waals surface area contributed by atoms with Crippen LogP contribution in [-0.4, -0.2) is 54.5 Å². The number of rotatable bonds is 9. The quantitative estimate of drug-likeness (QED) is 0.591. The summed E-state index contributed by atoms with van der Waals surface area (Å²) in [6, 6.07) is 9.97. The molecule has 1 aromatic carbocycles. The molecule has 0 bridgehead atoms. The van der Waals surface area contributed by atoms with Crippen molar-refractivity contribution in [3.8, 4) is 10.6 Å². The summed E-state index contributed by atoms with van der Waals surface area (Å²) in [6.07, 6.45) is 2.53. The summed E-state index contributed by atoms with van der Waals surface area (Å²) in [5, 5.41) is 3.90. The van der Waals surface area contributed by atoms with Gasteiger partial charge in [-0.15, -0.1) is 11.3 Å². The molecule has 0 aliphatic carbocycles. The molecule has 1 aromatic heterocycles. The highest BCUT2D eigenvalue weighted by Gasteiger charge is 2.31. The predicted molar refractivity (Wildman–Crippen MR) is 124 cm³/mol. The average Bonchev–Trinajstić information content (AvgIpc) is 3.20. The maximum absolute atomic E-state index is 13.1. The van der Waals surface area contributed by atoms with Gasteiger partial charge in [0.05, 0.1) is 5.69 Å². The van der Waals surface area contributed by atoms with E-state index in [9.17, 15) is 9.59 Å². The van der Waals surface area contributed by atoms with Gasteiger partial charge in [-0.2, -0.15) is 0 Å². The Morgan fingerprint density at radius 3 is 2.65 bits per heavy atom. The smallest absolute Gasteiger partial charge is 0.265 e. The van der Waals surface area contributed by atoms with Gasteiger partial charge in [-0.05, 0) is 39.0 Å². The summed E-state index contributed by atoms with van der Waals surface area (Å²) in [5.74, 6) is 0.424. The number of benzene rings is 1. The van der Waals surface area contributed by atoms with Crippen LogP contribution in [0.3, 0.4) is 0 Å². The molecule has 1 fully saturated rings. The van der Waals surface area contributed by atoms with E-state index in [0.717, 1.165) is 40.4 Å². The summed E-state index contributed by atoms with van der Waals surface area (Å²) in [5.41, 5.74) is 1.82. The third-order valence-corrected chi connectivity index (χ3v) is 7.12. The van der Waals surface area contributed by atoms with Crippen molar-refractivity contribution in [2.45, 2.75) is 40.0 Å². The molecule has 1 N–H and O–H groups in total. The number of hydrogen-bond donors (Lipinski definition) is 1. The summed E-state index contributed by atoms with van der Waals surface area (Å²) < 4.78 is 5.31. The van der Waals surface area contributed by atoms with Gasteiger partial charge in [0.1, 0.15) is 9.88 Å². The number of aryl methyl sites for hydroxylation is 1. The minimum atomic E-state index is -0.0424. The Bertz CT molecular complexity index is 860. The summed E-state index contributed by atoms with van der Waals surface area (Å²) in [4.78, 5) is 32.8. The van der Waals surface area contributed by atoms with Crippen LogP contribution in [0.1, 0.15) is 48.5 Å². The van der Waals surface area contributed by atoms with Crippen LogP contribution in [0.2, 0.25) is 0 Å². The molecular formula is C24H33N3O3S. The average molecular weight is 444 g/mol. The lowest BCUT2D eigenvalue weighted by Crippen LogP contribution is -2.42. The third-order valence-electron chi connectivity index (χ3n) is 5.93. The van der Waals surface area contributed by atoms with Crippen LogP contribution in [0.15, 0.2) is 30.3 Å². The number of ether oxygens (including phenoxy) is 1. The van der Waals surface area contributed by atoms with Gasteiger partial charge < -0.3 is 15.0 Å². The lowest BCUT2D eigenvalue weighted by Gasteiger charge is -2.34. The van der Waals surface area contributed by atoms with E-state index in [1.807, 2.05) is 56.0 Å². The number of aromatic nitrogens is 1. The molecule has 31 heavy (non-hydrogen) atoms. The van der Waals surface area contributed by atoms with Crippen LogP contribution >= 0.6 is 11.3 Å². The first kappa shape index (κ1) is 23.4. The minimum absolute atomic E-state index is 0.0424. The predicted octanol–water partition coefficient (Wildman–Crippen LogP) is 4.15. The van der Waals surface area contributed by atoms with Crippen LogP contribution in [0.4, 0.5) is 0 Å². The van der Waals surface area contributed by atoms with Crippen molar-refractivity contribution in [3.63, 3.8) is 0 Å². The van der Waals surface area contributed by atoms with Gasteiger partial charge in [0.15, 0.2) is 0 Å². The highest BCUT2D eigenvalue weighted by molar-refractivity contribution is 7.17. The maximum atomic E-state index is 13.1. The van der Waals surface area contributed by atoms with Gasteiger partial charge in [0.25, 0.3) is 5.91 Å². The molecule has 1 saturated heterocycles. The number of carbonyl (C=O) groups excluding carboxylic acids is 2. The maximum Gasteiger partial charge on any atom is 0.265 e. The molecule has 0 unspecified atom stereocenters. The van der Waals surface area contributed by atoms with Crippen molar-refractivity contribution in [3.05, 3.63) is 40.9 Å². The Morgan fingerprint density at radius 2 is 1.97 bits per heavy atom. The lowest BCUT2D eigenvalue weighted by atomic mass is 9.84. The Balaban J connectivity index is 1.51. The number of amides is 2. The molecule has 0 saturated carbocycles. The van der Waals surface area contributed by atoms with E-state index in [1.165, 1.54) is 11.3 Å². The Labute approximate surface area is 189 Å². The normalized spacial score (nSPS) is 15.6. The number of hydrogen-bond acceptors (Lipinski definition) is 5. The van der Waals surface area contributed by atoms with Crippen molar-refractivity contribution in [1.82, 2.24) is 15.2 Å². The monoisotopic (exact) mass is 443 g/mol. The van der Waals surface area contributed by atoms with E-state index in [4.69, 9.17) is 4.74 Å². The van der Waals surface area contributed by atoms with Gasteiger partial charge >= 0.3 is 0 Å². The molecular weight excluding hydrogens is 410 g/mol. The number of likely N-dealkylation sites (tertiary alicyclic amines) is 1. The molecule has 2 heterocycles. The van der Waals surface area contributed by atoms with Gasteiger partial charge in [-0.25, -0.2) is 4.98 Å². The Morgan fingerprint density at radius 1 is 1.26 bits per heavy atom. The standard InChI is InChI=1S/C24H33N3O3S/c1-4-30-16-8-13-25-22(28)17(2)19-11-14-27(15-12-19)24(29)21-18(3)26-23(31-21)20-9-6-5-7-10-20/h5-7,9-10,17,19H,4,8,11-16H2,1-3H3,(H,25,28)/t17-/m0/s1. The zero-order valence-electron chi connectivity index (χ0n) is 18.7. The second-order valence-electron chi connectivity index (χ2n) is 8.06. The van der Waals surface area contributed by atoms with Crippen molar-refractivity contribution in [1.29, 1.82) is 0 Å². The van der Waals surface area contributed by atoms with Gasteiger partial charge in [-0.1, -0.05) is 37.3 Å². The van der Waals surface area contributed by atoms with Crippen LogP contribution in [-0.2, 0) is 9.53 Å². The first-order chi connectivity index (χ1) is 15.0. The van der Waals surface area contributed by atoms with Crippen molar-refractivity contribution >= 4 is 23.2 Å². The van der Waals surface area contributed by atoms with Crippen LogP contribution in [0.5, 0.6) is 0 Å². The van der Waals surface area contributed by atoms with Gasteiger partial charge in [0, 0.05) is 44.3 Å². The lowest BCUT2D eigenvalue weighted by molar-refractivity contribution is -0.126. The first-order valence-corrected chi connectivity index (χ1v) is 12.0. The van der Waals surface area contributed by atoms with E-state index in [2.05, 4.69) is 10.3 Å². The second-order valence-corrected chi connectivity index (χ2v) is 9.06. The zero-order valence-corrected chi connectivity index (χ0v) is 19.5. The number of nitrogens with one attached hydrogen (secondary N) is 1. The summed E-state index contributed by atoms with van der Waals surface area (Å²) in [7, 11) is 0. The summed E-state index contributed by atoms with van der Waals surface area (Å²) in [6.45, 7) is 9.27. The number of thiazole rings is 1. The molecule has 6 nitrogen and oxygen atoms in total. The van der Waals surface area contributed by atoms with Gasteiger partial charge in [-0.3, -0.25) is 9.59 Å². The molecule has 2 amide bonds. The van der Waals surface area contributed by atoms with Crippen LogP contribution < -0.4 is 5.32 Å². The molecule has 1 aliphatic heterocycles. The minimum Gasteiger partial charge on any atom is -0.382 e. The van der Waals surface area contributed by atoms with Gasteiger partial charge in [0.2, 0.25) is 5.91 Å². The van der Waals surface area contributed by atoms with Crippen LogP contribution in [0, 0.1) is 18.8 Å². The van der Waals surface area contributed by atoms with Crippen molar-refractivity contribution in [2.24, 2.45) is 11.8 Å². The summed E-state index contributed by atoms with van der Waals surface area (Å²) >= 11 is 1.46. The van der Waals surface area contributed by atoms with E-state index in [1.54, 1.807) is 0 Å². The van der Waals surface area contributed by atoms with E-state index in [-0.39, 0.29) is 17.7 Å². The molecule has 2 aromatic rings. The number of carbonyl (C=O) groups is 2. The van der Waals surface area contributed by atoms with E-state index in [0.29, 0.717) is 38.8 Å². The molecule has 0 spiro atoms. The fourth-order valence-electron chi connectivity index (χ4n) is 3.95. The third kappa shape index (κ3) is 6.14. The Hall–Kier alpha value is -2.25. The highest BCUT2D eigenvalue weighted by Crippen LogP contribution is 2.31. The molecule has 1 atom stereocenters. The first-order valence-electron chi connectivity index (χ1n) is 11.2. The van der Waals surface area contributed by atoms with Crippen LogP contribution in [0.25, 0.3) is 10.6 Å².